The Balaban J connectivity index is 2.30. The molecular weight excluding hydrogens is 296 g/mol. The van der Waals surface area contributed by atoms with Gasteiger partial charge in [-0.05, 0) is 35.9 Å². The van der Waals surface area contributed by atoms with Crippen molar-refractivity contribution in [3.05, 3.63) is 58.1 Å². The van der Waals surface area contributed by atoms with Gasteiger partial charge in [0.1, 0.15) is 11.5 Å². The van der Waals surface area contributed by atoms with Crippen LogP contribution in [0.25, 0.3) is 0 Å². The fourth-order valence-corrected chi connectivity index (χ4v) is 1.92. The highest BCUT2D eigenvalue weighted by Crippen LogP contribution is 2.27. The third-order valence-corrected chi connectivity index (χ3v) is 2.90. The van der Waals surface area contributed by atoms with Gasteiger partial charge >= 0.3 is 0 Å². The summed E-state index contributed by atoms with van der Waals surface area (Å²) in [6.07, 6.45) is 0.746. The molecule has 0 aliphatic rings. The number of carbonyl (C=O) groups is 1. The van der Waals surface area contributed by atoms with Gasteiger partial charge in [0.15, 0.2) is 6.29 Å². The second-order valence-electron chi connectivity index (χ2n) is 3.71. The van der Waals surface area contributed by atoms with Crippen LogP contribution in [0.15, 0.2) is 46.9 Å². The zero-order chi connectivity index (χ0) is 13.0. The van der Waals surface area contributed by atoms with Crippen LogP contribution in [0.1, 0.15) is 15.9 Å². The van der Waals surface area contributed by atoms with Crippen molar-refractivity contribution in [3.8, 4) is 11.5 Å². The average molecular weight is 307 g/mol. The summed E-state index contributed by atoms with van der Waals surface area (Å²) in [7, 11) is 0. The molecule has 0 aromatic heterocycles. The van der Waals surface area contributed by atoms with Crippen molar-refractivity contribution in [1.29, 1.82) is 0 Å². The van der Waals surface area contributed by atoms with Gasteiger partial charge in [-0.3, -0.25) is 4.79 Å². The molecule has 0 spiro atoms. The Bertz CT molecular complexity index is 567. The Morgan fingerprint density at radius 3 is 2.78 bits per heavy atom. The molecule has 0 saturated carbocycles. The Labute approximate surface area is 113 Å². The number of hydrogen-bond donors (Lipinski definition) is 1. The number of ether oxygens (including phenoxy) is 1. The first-order chi connectivity index (χ1) is 8.72. The molecule has 3 nitrogen and oxygen atoms in total. The molecule has 92 valence electrons. The van der Waals surface area contributed by atoms with Crippen molar-refractivity contribution in [2.24, 2.45) is 0 Å². The van der Waals surface area contributed by atoms with Crippen molar-refractivity contribution in [2.45, 2.75) is 6.61 Å². The Morgan fingerprint density at radius 1 is 1.22 bits per heavy atom. The standard InChI is InChI=1S/C14H11BrO3/c15-12-4-5-14(11(7-12)9-17)18-13-3-1-2-10(6-13)8-16/h1-7,9,16H,8H2. The van der Waals surface area contributed by atoms with Gasteiger partial charge in [0.25, 0.3) is 0 Å². The summed E-state index contributed by atoms with van der Waals surface area (Å²) < 4.78 is 6.46. The fraction of sp³-hybridized carbons (Fsp3) is 0.0714. The number of aldehydes is 1. The van der Waals surface area contributed by atoms with E-state index in [-0.39, 0.29) is 6.61 Å². The Morgan fingerprint density at radius 2 is 2.06 bits per heavy atom. The van der Waals surface area contributed by atoms with Crippen molar-refractivity contribution < 1.29 is 14.6 Å². The molecule has 0 amide bonds. The van der Waals surface area contributed by atoms with Crippen LogP contribution in [0.5, 0.6) is 11.5 Å². The minimum atomic E-state index is -0.0436. The average Bonchev–Trinajstić information content (AvgIpc) is 2.41. The molecule has 0 aliphatic carbocycles. The summed E-state index contributed by atoms with van der Waals surface area (Å²) in [4.78, 5) is 11.0. The first kappa shape index (κ1) is 12.8. The predicted molar refractivity (Wildman–Crippen MR) is 72.0 cm³/mol. The van der Waals surface area contributed by atoms with Crippen molar-refractivity contribution >= 4 is 22.2 Å². The van der Waals surface area contributed by atoms with E-state index >= 15 is 0 Å². The lowest BCUT2D eigenvalue weighted by Crippen LogP contribution is -1.91. The number of aliphatic hydroxyl groups is 1. The lowest BCUT2D eigenvalue weighted by Gasteiger charge is -2.09. The first-order valence-electron chi connectivity index (χ1n) is 5.35. The summed E-state index contributed by atoms with van der Waals surface area (Å²) >= 11 is 3.30. The molecule has 1 N–H and O–H groups in total. The number of halogens is 1. The number of carbonyl (C=O) groups excluding carboxylic acids is 1. The summed E-state index contributed by atoms with van der Waals surface area (Å²) in [6, 6.07) is 12.3. The molecular formula is C14H11BrO3. The topological polar surface area (TPSA) is 46.5 Å². The molecule has 2 aromatic carbocycles. The van der Waals surface area contributed by atoms with Crippen LogP contribution < -0.4 is 4.74 Å². The normalized spacial score (nSPS) is 10.1. The Hall–Kier alpha value is -1.65. The van der Waals surface area contributed by atoms with Crippen molar-refractivity contribution in [2.75, 3.05) is 0 Å². The van der Waals surface area contributed by atoms with E-state index in [1.165, 1.54) is 0 Å². The second kappa shape index (κ2) is 5.80. The molecule has 4 heteroatoms. The zero-order valence-corrected chi connectivity index (χ0v) is 11.1. The molecule has 0 saturated heterocycles. The number of benzene rings is 2. The van der Waals surface area contributed by atoms with Crippen LogP contribution in [-0.4, -0.2) is 11.4 Å². The van der Waals surface area contributed by atoms with Crippen LogP contribution in [0, 0.1) is 0 Å². The molecule has 2 aromatic rings. The van der Waals surface area contributed by atoms with Crippen molar-refractivity contribution in [3.63, 3.8) is 0 Å². The number of aliphatic hydroxyl groups excluding tert-OH is 1. The van der Waals surface area contributed by atoms with Gasteiger partial charge in [-0.2, -0.15) is 0 Å². The van der Waals surface area contributed by atoms with Gasteiger partial charge in [-0.25, -0.2) is 0 Å². The maximum Gasteiger partial charge on any atom is 0.153 e. The maximum absolute atomic E-state index is 11.0. The van der Waals surface area contributed by atoms with Gasteiger partial charge in [-0.1, -0.05) is 28.1 Å². The molecule has 0 fully saturated rings. The highest BCUT2D eigenvalue weighted by molar-refractivity contribution is 9.10. The van der Waals surface area contributed by atoms with Crippen molar-refractivity contribution in [1.82, 2.24) is 0 Å². The molecule has 0 heterocycles. The van der Waals surface area contributed by atoms with E-state index in [4.69, 9.17) is 9.84 Å². The molecule has 0 atom stereocenters. The van der Waals surface area contributed by atoms with E-state index in [1.54, 1.807) is 42.5 Å². The van der Waals surface area contributed by atoms with Gasteiger partial charge in [-0.15, -0.1) is 0 Å². The summed E-state index contributed by atoms with van der Waals surface area (Å²) in [6.45, 7) is -0.0436. The zero-order valence-electron chi connectivity index (χ0n) is 9.47. The maximum atomic E-state index is 11.0. The summed E-state index contributed by atoms with van der Waals surface area (Å²) in [5.41, 5.74) is 1.23. The fourth-order valence-electron chi connectivity index (χ4n) is 1.54. The van der Waals surface area contributed by atoms with E-state index in [1.807, 2.05) is 0 Å². The van der Waals surface area contributed by atoms with E-state index in [9.17, 15) is 4.79 Å². The van der Waals surface area contributed by atoms with Gasteiger partial charge < -0.3 is 9.84 Å². The van der Waals surface area contributed by atoms with Gasteiger partial charge in [0.2, 0.25) is 0 Å². The van der Waals surface area contributed by atoms with Crippen LogP contribution in [-0.2, 0) is 6.61 Å². The van der Waals surface area contributed by atoms with E-state index < -0.39 is 0 Å². The molecule has 0 aliphatic heterocycles. The molecule has 0 unspecified atom stereocenters. The predicted octanol–water partition coefficient (Wildman–Crippen LogP) is 3.55. The number of hydrogen-bond acceptors (Lipinski definition) is 3. The van der Waals surface area contributed by atoms with Crippen LogP contribution in [0.4, 0.5) is 0 Å². The SMILES string of the molecule is O=Cc1cc(Br)ccc1Oc1cccc(CO)c1. The van der Waals surface area contributed by atoms with Crippen LogP contribution in [0.3, 0.4) is 0 Å². The largest absolute Gasteiger partial charge is 0.457 e. The van der Waals surface area contributed by atoms with E-state index in [0.717, 1.165) is 16.3 Å². The highest BCUT2D eigenvalue weighted by Gasteiger charge is 2.05. The minimum Gasteiger partial charge on any atom is -0.457 e. The third kappa shape index (κ3) is 2.97. The molecule has 2 rings (SSSR count). The lowest BCUT2D eigenvalue weighted by molar-refractivity contribution is 0.112. The smallest absolute Gasteiger partial charge is 0.153 e. The van der Waals surface area contributed by atoms with Gasteiger partial charge in [0, 0.05) is 4.47 Å². The third-order valence-electron chi connectivity index (χ3n) is 2.41. The van der Waals surface area contributed by atoms with E-state index in [0.29, 0.717) is 17.1 Å². The summed E-state index contributed by atoms with van der Waals surface area (Å²) in [5, 5.41) is 9.05. The monoisotopic (exact) mass is 306 g/mol. The van der Waals surface area contributed by atoms with Gasteiger partial charge in [0.05, 0.1) is 12.2 Å². The quantitative estimate of drug-likeness (QED) is 0.879. The molecule has 0 bridgehead atoms. The molecule has 0 radical (unpaired) electrons. The highest BCUT2D eigenvalue weighted by atomic mass is 79.9. The van der Waals surface area contributed by atoms with Crippen LogP contribution >= 0.6 is 15.9 Å². The second-order valence-corrected chi connectivity index (χ2v) is 4.62. The van der Waals surface area contributed by atoms with Crippen LogP contribution in [0.2, 0.25) is 0 Å². The number of rotatable bonds is 4. The molecule has 18 heavy (non-hydrogen) atoms. The van der Waals surface area contributed by atoms with E-state index in [2.05, 4.69) is 15.9 Å². The Kier molecular flexibility index (Phi) is 4.12. The minimum absolute atomic E-state index is 0.0436. The summed E-state index contributed by atoms with van der Waals surface area (Å²) in [5.74, 6) is 1.08. The lowest BCUT2D eigenvalue weighted by atomic mass is 10.2. The first-order valence-corrected chi connectivity index (χ1v) is 6.14.